The van der Waals surface area contributed by atoms with Crippen molar-refractivity contribution in [1.29, 1.82) is 10.5 Å². The maximum Gasteiger partial charge on any atom is 0.0805 e. The van der Waals surface area contributed by atoms with Crippen molar-refractivity contribution in [2.24, 2.45) is 0 Å². The van der Waals surface area contributed by atoms with Gasteiger partial charge >= 0.3 is 0 Å². The van der Waals surface area contributed by atoms with E-state index < -0.39 is 5.41 Å². The molecule has 0 amide bonds. The van der Waals surface area contributed by atoms with E-state index in [0.717, 1.165) is 5.56 Å². The molecule has 0 N–H and O–H groups in total. The molecule has 82 valence electrons. The monoisotopic (exact) mass is 252 g/mol. The van der Waals surface area contributed by atoms with Gasteiger partial charge in [-0.3, -0.25) is 0 Å². The largest absolute Gasteiger partial charge is 0.198 e. The molecule has 0 saturated carbocycles. The Labute approximate surface area is 105 Å². The first-order valence-electron chi connectivity index (χ1n) is 4.76. The lowest BCUT2D eigenvalue weighted by Gasteiger charge is -2.21. The molecule has 0 heterocycles. The quantitative estimate of drug-likeness (QED) is 0.814. The number of hydrogen-bond acceptors (Lipinski definition) is 2. The molecular weight excluding hydrogens is 243 g/mol. The van der Waals surface area contributed by atoms with Crippen LogP contribution >= 0.6 is 23.2 Å². The van der Waals surface area contributed by atoms with Gasteiger partial charge in [-0.25, -0.2) is 0 Å². The van der Waals surface area contributed by atoms with E-state index in [1.54, 1.807) is 25.1 Å². The van der Waals surface area contributed by atoms with Gasteiger partial charge in [-0.1, -0.05) is 23.2 Å². The molecule has 2 nitrogen and oxygen atoms in total. The summed E-state index contributed by atoms with van der Waals surface area (Å²) in [6, 6.07) is 9.31. The van der Waals surface area contributed by atoms with Crippen LogP contribution in [0.3, 0.4) is 0 Å². The maximum absolute atomic E-state index is 9.20. The summed E-state index contributed by atoms with van der Waals surface area (Å²) in [6.07, 6.45) is 0.796. The first-order valence-corrected chi connectivity index (χ1v) is 5.52. The van der Waals surface area contributed by atoms with Crippen LogP contribution in [0.1, 0.15) is 25.3 Å². The average Bonchev–Trinajstić information content (AvgIpc) is 2.24. The fourth-order valence-electron chi connectivity index (χ4n) is 1.44. The van der Waals surface area contributed by atoms with Gasteiger partial charge in [-0.15, -0.1) is 0 Å². The fourth-order valence-corrected chi connectivity index (χ4v) is 1.97. The van der Waals surface area contributed by atoms with Crippen molar-refractivity contribution in [3.05, 3.63) is 33.8 Å². The highest BCUT2D eigenvalue weighted by Gasteiger charge is 2.26. The second-order valence-electron chi connectivity index (χ2n) is 3.76. The zero-order chi connectivity index (χ0) is 12.2. The fraction of sp³-hybridized carbons (Fsp3) is 0.333. The standard InChI is InChI=1S/C12H10Cl2N2/c1-12(8-16,3-2-4-15)9-5-10(13)7-11(14)6-9/h5-7H,2-3H2,1H3. The van der Waals surface area contributed by atoms with Crippen LogP contribution < -0.4 is 0 Å². The Bertz CT molecular complexity index is 451. The minimum Gasteiger partial charge on any atom is -0.198 e. The van der Waals surface area contributed by atoms with E-state index in [2.05, 4.69) is 6.07 Å². The van der Waals surface area contributed by atoms with Gasteiger partial charge < -0.3 is 0 Å². The minimum absolute atomic E-state index is 0.328. The maximum atomic E-state index is 9.20. The van der Waals surface area contributed by atoms with Gasteiger partial charge in [-0.2, -0.15) is 10.5 Å². The van der Waals surface area contributed by atoms with Gasteiger partial charge in [0.15, 0.2) is 0 Å². The molecule has 1 unspecified atom stereocenters. The second kappa shape index (κ2) is 5.21. The Morgan fingerprint density at radius 2 is 1.75 bits per heavy atom. The third-order valence-electron chi connectivity index (χ3n) is 2.48. The normalized spacial score (nSPS) is 13.6. The minimum atomic E-state index is -0.718. The molecule has 0 aliphatic heterocycles. The van der Waals surface area contributed by atoms with Gasteiger partial charge in [0.05, 0.1) is 17.6 Å². The third-order valence-corrected chi connectivity index (χ3v) is 2.92. The van der Waals surface area contributed by atoms with Crippen LogP contribution in [0, 0.1) is 22.7 Å². The zero-order valence-corrected chi connectivity index (χ0v) is 10.3. The molecule has 0 aromatic heterocycles. The molecule has 0 fully saturated rings. The zero-order valence-electron chi connectivity index (χ0n) is 8.80. The van der Waals surface area contributed by atoms with Gasteiger partial charge in [0.2, 0.25) is 0 Å². The highest BCUT2D eigenvalue weighted by atomic mass is 35.5. The van der Waals surface area contributed by atoms with Crippen LogP contribution in [0.4, 0.5) is 0 Å². The first kappa shape index (κ1) is 12.8. The van der Waals surface area contributed by atoms with Crippen LogP contribution in [0.25, 0.3) is 0 Å². The molecule has 1 rings (SSSR count). The van der Waals surface area contributed by atoms with Crippen LogP contribution in [-0.4, -0.2) is 0 Å². The van der Waals surface area contributed by atoms with Crippen LogP contribution in [0.5, 0.6) is 0 Å². The van der Waals surface area contributed by atoms with E-state index in [1.807, 2.05) is 6.07 Å². The van der Waals surface area contributed by atoms with E-state index in [9.17, 15) is 5.26 Å². The molecule has 0 aliphatic rings. The van der Waals surface area contributed by atoms with Crippen molar-refractivity contribution < 1.29 is 0 Å². The van der Waals surface area contributed by atoms with E-state index in [4.69, 9.17) is 28.5 Å². The summed E-state index contributed by atoms with van der Waals surface area (Å²) in [5.41, 5.74) is 0.0346. The Morgan fingerprint density at radius 3 is 2.19 bits per heavy atom. The summed E-state index contributed by atoms with van der Waals surface area (Å²) in [6.45, 7) is 1.78. The Balaban J connectivity index is 3.14. The van der Waals surface area contributed by atoms with Crippen molar-refractivity contribution in [2.45, 2.75) is 25.2 Å². The molecule has 1 aromatic carbocycles. The third kappa shape index (κ3) is 2.89. The lowest BCUT2D eigenvalue weighted by Crippen LogP contribution is -2.19. The topological polar surface area (TPSA) is 47.6 Å². The van der Waals surface area contributed by atoms with Crippen molar-refractivity contribution in [2.75, 3.05) is 0 Å². The lowest BCUT2D eigenvalue weighted by atomic mass is 9.80. The molecular formula is C12H10Cl2N2. The summed E-state index contributed by atoms with van der Waals surface area (Å²) in [5.74, 6) is 0. The lowest BCUT2D eigenvalue weighted by molar-refractivity contribution is 0.563. The van der Waals surface area contributed by atoms with Gasteiger partial charge in [-0.05, 0) is 37.1 Å². The van der Waals surface area contributed by atoms with Gasteiger partial charge in [0.25, 0.3) is 0 Å². The van der Waals surface area contributed by atoms with Crippen molar-refractivity contribution in [3.8, 4) is 12.1 Å². The summed E-state index contributed by atoms with van der Waals surface area (Å²) in [5, 5.41) is 18.8. The van der Waals surface area contributed by atoms with Crippen LogP contribution in [0.2, 0.25) is 10.0 Å². The Hall–Kier alpha value is -1.22. The smallest absolute Gasteiger partial charge is 0.0805 e. The number of halogens is 2. The molecule has 1 aromatic rings. The van der Waals surface area contributed by atoms with Crippen LogP contribution in [0.15, 0.2) is 18.2 Å². The SMILES string of the molecule is CC(C#N)(CCC#N)c1cc(Cl)cc(Cl)c1. The molecule has 16 heavy (non-hydrogen) atoms. The molecule has 0 bridgehead atoms. The highest BCUT2D eigenvalue weighted by molar-refractivity contribution is 6.34. The predicted molar refractivity (Wildman–Crippen MR) is 64.3 cm³/mol. The Kier molecular flexibility index (Phi) is 4.19. The molecule has 0 saturated heterocycles. The van der Waals surface area contributed by atoms with E-state index >= 15 is 0 Å². The highest BCUT2D eigenvalue weighted by Crippen LogP contribution is 2.32. The number of nitriles is 2. The second-order valence-corrected chi connectivity index (χ2v) is 4.63. The molecule has 0 spiro atoms. The number of nitrogens with zero attached hydrogens (tertiary/aromatic N) is 2. The van der Waals surface area contributed by atoms with Crippen molar-refractivity contribution in [3.63, 3.8) is 0 Å². The Morgan fingerprint density at radius 1 is 1.19 bits per heavy atom. The van der Waals surface area contributed by atoms with Gasteiger partial charge in [0.1, 0.15) is 0 Å². The van der Waals surface area contributed by atoms with Crippen molar-refractivity contribution in [1.82, 2.24) is 0 Å². The molecule has 0 aliphatic carbocycles. The van der Waals surface area contributed by atoms with E-state index in [1.165, 1.54) is 0 Å². The van der Waals surface area contributed by atoms with Gasteiger partial charge in [0, 0.05) is 16.5 Å². The van der Waals surface area contributed by atoms with Crippen LogP contribution in [-0.2, 0) is 5.41 Å². The van der Waals surface area contributed by atoms with E-state index in [0.29, 0.717) is 22.9 Å². The average molecular weight is 253 g/mol. The number of benzene rings is 1. The number of hydrogen-bond donors (Lipinski definition) is 0. The summed E-state index contributed by atoms with van der Waals surface area (Å²) < 4.78 is 0. The summed E-state index contributed by atoms with van der Waals surface area (Å²) >= 11 is 11.8. The first-order chi connectivity index (χ1) is 7.51. The van der Waals surface area contributed by atoms with Crippen molar-refractivity contribution >= 4 is 23.2 Å². The predicted octanol–water partition coefficient (Wildman–Crippen LogP) is 4.08. The molecule has 4 heteroatoms. The molecule has 1 atom stereocenters. The number of rotatable bonds is 3. The summed E-state index contributed by atoms with van der Waals surface area (Å²) in [4.78, 5) is 0. The molecule has 0 radical (unpaired) electrons. The van der Waals surface area contributed by atoms with E-state index in [-0.39, 0.29) is 0 Å². The summed E-state index contributed by atoms with van der Waals surface area (Å²) in [7, 11) is 0.